The monoisotopic (exact) mass is 386 g/mol. The van der Waals surface area contributed by atoms with Crippen LogP contribution in [0, 0.1) is 0 Å². The Morgan fingerprint density at radius 3 is 1.96 bits per heavy atom. The number of hydrogen-bond donors (Lipinski definition) is 2. The summed E-state index contributed by atoms with van der Waals surface area (Å²) >= 11 is 0. The van der Waals surface area contributed by atoms with E-state index in [4.69, 9.17) is 9.53 Å². The van der Waals surface area contributed by atoms with Crippen LogP contribution in [-0.2, 0) is 4.43 Å². The largest absolute Gasteiger partial charge is 0.465 e. The van der Waals surface area contributed by atoms with Crippen molar-refractivity contribution in [2.45, 2.75) is 103 Å². The number of likely N-dealkylation sites (N-methyl/N-ethyl adjacent to an activating group) is 1. The van der Waals surface area contributed by atoms with Gasteiger partial charge in [-0.3, -0.25) is 0 Å². The van der Waals surface area contributed by atoms with Crippen LogP contribution in [0.3, 0.4) is 0 Å². The molecule has 154 valence electrons. The molecular formula is C20H42N2O3Si. The number of nitrogens with one attached hydrogen (secondary N) is 1. The zero-order chi connectivity index (χ0) is 19.9. The molecule has 0 radical (unpaired) electrons. The molecule has 0 saturated heterocycles. The highest BCUT2D eigenvalue weighted by atomic mass is 28.4. The molecule has 2 N–H and O–H groups in total. The first kappa shape index (κ1) is 23.4. The number of carbonyl (C=O) groups is 1. The molecule has 0 bridgehead atoms. The Bertz CT molecular complexity index is 400. The van der Waals surface area contributed by atoms with Gasteiger partial charge >= 0.3 is 6.09 Å². The van der Waals surface area contributed by atoms with E-state index in [0.717, 1.165) is 32.2 Å². The summed E-state index contributed by atoms with van der Waals surface area (Å²) in [7, 11) is -1.79. The lowest BCUT2D eigenvalue weighted by atomic mass is 9.93. The van der Waals surface area contributed by atoms with E-state index in [2.05, 4.69) is 46.9 Å². The second kappa shape index (κ2) is 10.7. The summed E-state index contributed by atoms with van der Waals surface area (Å²) in [6, 6.07) is 0.496. The van der Waals surface area contributed by atoms with E-state index in [1.165, 1.54) is 4.90 Å². The van der Waals surface area contributed by atoms with Crippen molar-refractivity contribution in [3.8, 4) is 0 Å². The van der Waals surface area contributed by atoms with Gasteiger partial charge in [-0.25, -0.2) is 4.79 Å². The van der Waals surface area contributed by atoms with Crippen LogP contribution in [0.5, 0.6) is 0 Å². The van der Waals surface area contributed by atoms with E-state index < -0.39 is 14.4 Å². The van der Waals surface area contributed by atoms with E-state index in [1.54, 1.807) is 0 Å². The highest BCUT2D eigenvalue weighted by Gasteiger charge is 2.46. The minimum Gasteiger partial charge on any atom is -0.465 e. The van der Waals surface area contributed by atoms with Crippen molar-refractivity contribution in [1.29, 1.82) is 0 Å². The fraction of sp³-hybridized carbons (Fsp3) is 0.950. The quantitative estimate of drug-likeness (QED) is 0.514. The Kier molecular flexibility index (Phi) is 9.62. The van der Waals surface area contributed by atoms with Crippen LogP contribution in [-0.4, -0.2) is 56.2 Å². The standard InChI is InChI=1S/C20H42N2O3Si/c1-8-22(20(23)24)14-13-21-18-9-11-19(12-10-18)25-26(15(2)3,16(4)5)17(6)7/h15-19,21H,8-14H2,1-7H3,(H,23,24). The average Bonchev–Trinajstić information content (AvgIpc) is 2.56. The molecule has 1 aliphatic carbocycles. The molecule has 1 rings (SSSR count). The van der Waals surface area contributed by atoms with E-state index in [-0.39, 0.29) is 0 Å². The van der Waals surface area contributed by atoms with E-state index in [0.29, 0.717) is 41.9 Å². The number of hydrogen-bond acceptors (Lipinski definition) is 3. The molecule has 26 heavy (non-hydrogen) atoms. The molecular weight excluding hydrogens is 344 g/mol. The molecule has 1 aliphatic rings. The van der Waals surface area contributed by atoms with Crippen LogP contribution in [0.25, 0.3) is 0 Å². The van der Waals surface area contributed by atoms with Gasteiger partial charge < -0.3 is 19.7 Å². The van der Waals surface area contributed by atoms with Crippen molar-refractivity contribution >= 4 is 14.4 Å². The van der Waals surface area contributed by atoms with Gasteiger partial charge in [0.05, 0.1) is 0 Å². The predicted octanol–water partition coefficient (Wildman–Crippen LogP) is 5.08. The molecule has 1 amide bonds. The number of rotatable bonds is 10. The molecule has 0 aromatic rings. The molecule has 1 fully saturated rings. The second-order valence-electron chi connectivity index (χ2n) is 8.73. The maximum Gasteiger partial charge on any atom is 0.407 e. The van der Waals surface area contributed by atoms with Crippen molar-refractivity contribution in [2.75, 3.05) is 19.6 Å². The van der Waals surface area contributed by atoms with Crippen LogP contribution < -0.4 is 5.32 Å². The first-order valence-electron chi connectivity index (χ1n) is 10.5. The predicted molar refractivity (Wildman–Crippen MR) is 111 cm³/mol. The fourth-order valence-corrected chi connectivity index (χ4v) is 10.5. The van der Waals surface area contributed by atoms with Gasteiger partial charge in [-0.1, -0.05) is 41.5 Å². The average molecular weight is 387 g/mol. The summed E-state index contributed by atoms with van der Waals surface area (Å²) in [6.45, 7) is 17.8. The summed E-state index contributed by atoms with van der Waals surface area (Å²) in [5.74, 6) is 0. The van der Waals surface area contributed by atoms with Crippen LogP contribution in [0.1, 0.15) is 74.1 Å². The minimum atomic E-state index is -1.79. The molecule has 5 nitrogen and oxygen atoms in total. The van der Waals surface area contributed by atoms with Gasteiger partial charge in [-0.2, -0.15) is 0 Å². The van der Waals surface area contributed by atoms with Gasteiger partial charge in [0.15, 0.2) is 0 Å². The van der Waals surface area contributed by atoms with Gasteiger partial charge in [0.1, 0.15) is 0 Å². The Morgan fingerprint density at radius 2 is 1.58 bits per heavy atom. The Labute approximate surface area is 162 Å². The molecule has 1 saturated carbocycles. The Balaban J connectivity index is 2.49. The molecule has 0 atom stereocenters. The molecule has 0 aliphatic heterocycles. The van der Waals surface area contributed by atoms with Crippen LogP contribution in [0.4, 0.5) is 4.79 Å². The molecule has 0 spiro atoms. The SMILES string of the molecule is CCN(CCNC1CCC(O[Si](C(C)C)(C(C)C)C(C)C)CC1)C(=O)O. The van der Waals surface area contributed by atoms with E-state index >= 15 is 0 Å². The maximum atomic E-state index is 11.0. The molecule has 0 unspecified atom stereocenters. The summed E-state index contributed by atoms with van der Waals surface area (Å²) in [5.41, 5.74) is 1.90. The molecule has 6 heteroatoms. The second-order valence-corrected chi connectivity index (χ2v) is 14.1. The highest BCUT2D eigenvalue weighted by Crippen LogP contribution is 2.44. The van der Waals surface area contributed by atoms with Crippen LogP contribution in [0.15, 0.2) is 0 Å². The first-order valence-corrected chi connectivity index (χ1v) is 12.7. The van der Waals surface area contributed by atoms with Crippen LogP contribution >= 0.6 is 0 Å². The van der Waals surface area contributed by atoms with Gasteiger partial charge in [0.25, 0.3) is 0 Å². The highest BCUT2D eigenvalue weighted by molar-refractivity contribution is 6.77. The number of carboxylic acid groups (broad SMARTS) is 1. The van der Waals surface area contributed by atoms with Crippen LogP contribution in [0.2, 0.25) is 16.6 Å². The topological polar surface area (TPSA) is 61.8 Å². The lowest BCUT2D eigenvalue weighted by molar-refractivity contribution is 0.117. The van der Waals surface area contributed by atoms with Crippen molar-refractivity contribution in [3.63, 3.8) is 0 Å². The normalized spacial score (nSPS) is 21.6. The first-order chi connectivity index (χ1) is 12.1. The molecule has 0 heterocycles. The summed E-state index contributed by atoms with van der Waals surface area (Å²) < 4.78 is 6.93. The summed E-state index contributed by atoms with van der Waals surface area (Å²) in [5, 5.41) is 12.6. The van der Waals surface area contributed by atoms with Crippen molar-refractivity contribution in [3.05, 3.63) is 0 Å². The van der Waals surface area contributed by atoms with Gasteiger partial charge in [-0.15, -0.1) is 0 Å². The summed E-state index contributed by atoms with van der Waals surface area (Å²) in [4.78, 5) is 12.5. The lowest BCUT2D eigenvalue weighted by Gasteiger charge is -2.46. The zero-order valence-electron chi connectivity index (χ0n) is 18.0. The third-order valence-electron chi connectivity index (χ3n) is 6.22. The maximum absolute atomic E-state index is 11.0. The van der Waals surface area contributed by atoms with E-state index in [1.807, 2.05) is 6.92 Å². The summed E-state index contributed by atoms with van der Waals surface area (Å²) in [6.07, 6.45) is 4.07. The van der Waals surface area contributed by atoms with Crippen molar-refractivity contribution in [2.24, 2.45) is 0 Å². The Hall–Kier alpha value is -0.593. The third kappa shape index (κ3) is 5.96. The number of amides is 1. The van der Waals surface area contributed by atoms with Crippen molar-refractivity contribution in [1.82, 2.24) is 10.2 Å². The van der Waals surface area contributed by atoms with Crippen molar-refractivity contribution < 1.29 is 14.3 Å². The van der Waals surface area contributed by atoms with Gasteiger partial charge in [0.2, 0.25) is 8.32 Å². The number of nitrogens with zero attached hydrogens (tertiary/aromatic N) is 1. The minimum absolute atomic E-state index is 0.401. The smallest absolute Gasteiger partial charge is 0.407 e. The Morgan fingerprint density at radius 1 is 1.08 bits per heavy atom. The zero-order valence-corrected chi connectivity index (χ0v) is 19.0. The third-order valence-corrected chi connectivity index (χ3v) is 12.4. The fourth-order valence-electron chi connectivity index (χ4n) is 4.87. The lowest BCUT2D eigenvalue weighted by Crippen LogP contribution is -2.51. The van der Waals surface area contributed by atoms with E-state index in [9.17, 15) is 4.79 Å². The van der Waals surface area contributed by atoms with Gasteiger partial charge in [0, 0.05) is 31.8 Å². The molecule has 0 aromatic heterocycles. The molecule has 0 aromatic carbocycles. The van der Waals surface area contributed by atoms with Gasteiger partial charge in [-0.05, 0) is 49.2 Å².